The molecule has 0 aromatic heterocycles. The zero-order valence-electron chi connectivity index (χ0n) is 14.9. The number of nitrogens with zero attached hydrogens (tertiary/aromatic N) is 1. The molecule has 2 aromatic carbocycles. The molecular weight excluding hydrogens is 348 g/mol. The second kappa shape index (κ2) is 8.01. The number of aryl methyl sites for hydroxylation is 1. The molecule has 1 heterocycles. The lowest BCUT2D eigenvalue weighted by Gasteiger charge is -2.33. The molecule has 138 valence electrons. The number of carbonyl (C=O) groups is 1. The second-order valence-electron chi connectivity index (χ2n) is 6.64. The average Bonchev–Trinajstić information content (AvgIpc) is 2.68. The SMILES string of the molecule is Cc1ccc(CNC(=O)[C@H]2CCCCN2S(=O)(=O)c2ccccc2)cc1. The van der Waals surface area contributed by atoms with Crippen LogP contribution in [-0.2, 0) is 21.4 Å². The van der Waals surface area contributed by atoms with Crippen molar-refractivity contribution in [2.45, 2.75) is 43.7 Å². The minimum absolute atomic E-state index is 0.232. The third kappa shape index (κ3) is 4.14. The summed E-state index contributed by atoms with van der Waals surface area (Å²) in [7, 11) is -3.67. The van der Waals surface area contributed by atoms with E-state index in [1.165, 1.54) is 4.31 Å². The molecule has 6 heteroatoms. The Bertz CT molecular complexity index is 848. The molecule has 1 aliphatic rings. The highest BCUT2D eigenvalue weighted by atomic mass is 32.2. The number of carbonyl (C=O) groups excluding carboxylic acids is 1. The highest BCUT2D eigenvalue weighted by Crippen LogP contribution is 2.25. The van der Waals surface area contributed by atoms with Crippen LogP contribution in [0.15, 0.2) is 59.5 Å². The fraction of sp³-hybridized carbons (Fsp3) is 0.350. The van der Waals surface area contributed by atoms with Gasteiger partial charge in [0, 0.05) is 13.1 Å². The summed E-state index contributed by atoms with van der Waals surface area (Å²) in [6.45, 7) is 2.78. The summed E-state index contributed by atoms with van der Waals surface area (Å²) in [4.78, 5) is 12.9. The van der Waals surface area contributed by atoms with Gasteiger partial charge >= 0.3 is 0 Å². The maximum atomic E-state index is 13.0. The number of nitrogens with one attached hydrogen (secondary N) is 1. The van der Waals surface area contributed by atoms with Crippen LogP contribution in [0, 0.1) is 6.92 Å². The van der Waals surface area contributed by atoms with E-state index in [-0.39, 0.29) is 10.8 Å². The fourth-order valence-electron chi connectivity index (χ4n) is 3.20. The van der Waals surface area contributed by atoms with E-state index in [2.05, 4.69) is 5.32 Å². The van der Waals surface area contributed by atoms with Crippen molar-refractivity contribution in [2.75, 3.05) is 6.54 Å². The number of sulfonamides is 1. The summed E-state index contributed by atoms with van der Waals surface area (Å²) < 4.78 is 27.3. The Morgan fingerprint density at radius 2 is 1.77 bits per heavy atom. The lowest BCUT2D eigenvalue weighted by atomic mass is 10.0. The molecule has 0 spiro atoms. The van der Waals surface area contributed by atoms with Crippen LogP contribution in [0.4, 0.5) is 0 Å². The zero-order valence-corrected chi connectivity index (χ0v) is 15.7. The number of amides is 1. The maximum absolute atomic E-state index is 13.0. The first-order valence-corrected chi connectivity index (χ1v) is 10.3. The van der Waals surface area contributed by atoms with Crippen molar-refractivity contribution < 1.29 is 13.2 Å². The van der Waals surface area contributed by atoms with Crippen LogP contribution in [-0.4, -0.2) is 31.2 Å². The molecule has 2 aromatic rings. The lowest BCUT2D eigenvalue weighted by molar-refractivity contribution is -0.125. The average molecular weight is 372 g/mol. The summed E-state index contributed by atoms with van der Waals surface area (Å²) >= 11 is 0. The first-order chi connectivity index (χ1) is 12.5. The van der Waals surface area contributed by atoms with Gasteiger partial charge in [-0.2, -0.15) is 4.31 Å². The molecule has 0 radical (unpaired) electrons. The summed E-state index contributed by atoms with van der Waals surface area (Å²) in [5.41, 5.74) is 2.16. The Labute approximate surface area is 155 Å². The molecule has 26 heavy (non-hydrogen) atoms. The molecule has 1 N–H and O–H groups in total. The lowest BCUT2D eigenvalue weighted by Crippen LogP contribution is -2.51. The predicted molar refractivity (Wildman–Crippen MR) is 101 cm³/mol. The smallest absolute Gasteiger partial charge is 0.243 e. The minimum Gasteiger partial charge on any atom is -0.351 e. The van der Waals surface area contributed by atoms with E-state index in [0.29, 0.717) is 19.5 Å². The topological polar surface area (TPSA) is 66.5 Å². The molecule has 0 bridgehead atoms. The van der Waals surface area contributed by atoms with Crippen LogP contribution in [0.1, 0.15) is 30.4 Å². The van der Waals surface area contributed by atoms with Gasteiger partial charge in [0.1, 0.15) is 6.04 Å². The molecular formula is C20H24N2O3S. The van der Waals surface area contributed by atoms with Crippen LogP contribution in [0.5, 0.6) is 0 Å². The summed E-state index contributed by atoms with van der Waals surface area (Å²) in [5.74, 6) is -0.232. The van der Waals surface area contributed by atoms with Crippen molar-refractivity contribution in [3.05, 3.63) is 65.7 Å². The summed E-state index contributed by atoms with van der Waals surface area (Å²) in [6, 6.07) is 15.6. The molecule has 0 unspecified atom stereocenters. The Balaban J connectivity index is 1.74. The molecule has 1 saturated heterocycles. The van der Waals surface area contributed by atoms with E-state index >= 15 is 0 Å². The third-order valence-electron chi connectivity index (χ3n) is 4.69. The van der Waals surface area contributed by atoms with Crippen molar-refractivity contribution in [1.82, 2.24) is 9.62 Å². The van der Waals surface area contributed by atoms with Crippen LogP contribution in [0.2, 0.25) is 0 Å². The van der Waals surface area contributed by atoms with Crippen LogP contribution in [0.3, 0.4) is 0 Å². The van der Waals surface area contributed by atoms with Gasteiger partial charge in [0.2, 0.25) is 15.9 Å². The van der Waals surface area contributed by atoms with Gasteiger partial charge in [0.15, 0.2) is 0 Å². The predicted octanol–water partition coefficient (Wildman–Crippen LogP) is 2.85. The highest BCUT2D eigenvalue weighted by molar-refractivity contribution is 7.89. The van der Waals surface area contributed by atoms with Crippen molar-refractivity contribution in [3.8, 4) is 0 Å². The van der Waals surface area contributed by atoms with Gasteiger partial charge in [-0.15, -0.1) is 0 Å². The Morgan fingerprint density at radius 1 is 1.08 bits per heavy atom. The van der Waals surface area contributed by atoms with E-state index in [0.717, 1.165) is 24.0 Å². The molecule has 1 atom stereocenters. The number of hydrogen-bond acceptors (Lipinski definition) is 3. The number of benzene rings is 2. The zero-order chi connectivity index (χ0) is 18.6. The minimum atomic E-state index is -3.67. The van der Waals surface area contributed by atoms with Gasteiger partial charge in [-0.1, -0.05) is 54.4 Å². The summed E-state index contributed by atoms with van der Waals surface area (Å²) in [6.07, 6.45) is 2.17. The Morgan fingerprint density at radius 3 is 2.46 bits per heavy atom. The number of piperidine rings is 1. The van der Waals surface area contributed by atoms with Gasteiger partial charge in [-0.05, 0) is 37.5 Å². The first-order valence-electron chi connectivity index (χ1n) is 8.88. The summed E-state index contributed by atoms with van der Waals surface area (Å²) in [5, 5.41) is 2.90. The Kier molecular flexibility index (Phi) is 5.74. The normalized spacial score (nSPS) is 18.4. The fourth-order valence-corrected chi connectivity index (χ4v) is 4.87. The van der Waals surface area contributed by atoms with Gasteiger partial charge in [-0.25, -0.2) is 8.42 Å². The van der Waals surface area contributed by atoms with E-state index in [9.17, 15) is 13.2 Å². The van der Waals surface area contributed by atoms with Gasteiger partial charge in [0.05, 0.1) is 4.90 Å². The van der Waals surface area contributed by atoms with E-state index < -0.39 is 16.1 Å². The molecule has 0 aliphatic carbocycles. The van der Waals surface area contributed by atoms with Gasteiger partial charge in [0.25, 0.3) is 0 Å². The number of hydrogen-bond donors (Lipinski definition) is 1. The standard InChI is InChI=1S/C20H24N2O3S/c1-16-10-12-17(13-11-16)15-21-20(23)19-9-5-6-14-22(19)26(24,25)18-7-3-2-4-8-18/h2-4,7-8,10-13,19H,5-6,9,14-15H2,1H3,(H,21,23)/t19-/m1/s1. The van der Waals surface area contributed by atoms with Crippen molar-refractivity contribution in [2.24, 2.45) is 0 Å². The van der Waals surface area contributed by atoms with Crippen LogP contribution >= 0.6 is 0 Å². The van der Waals surface area contributed by atoms with Crippen LogP contribution < -0.4 is 5.32 Å². The molecule has 5 nitrogen and oxygen atoms in total. The highest BCUT2D eigenvalue weighted by Gasteiger charge is 2.37. The molecule has 3 rings (SSSR count). The second-order valence-corrected chi connectivity index (χ2v) is 8.53. The van der Waals surface area contributed by atoms with E-state index in [1.807, 2.05) is 31.2 Å². The first kappa shape index (κ1) is 18.6. The maximum Gasteiger partial charge on any atom is 0.243 e. The number of rotatable bonds is 5. The van der Waals surface area contributed by atoms with Crippen molar-refractivity contribution in [3.63, 3.8) is 0 Å². The quantitative estimate of drug-likeness (QED) is 0.878. The van der Waals surface area contributed by atoms with Gasteiger partial charge < -0.3 is 5.32 Å². The molecule has 0 saturated carbocycles. The van der Waals surface area contributed by atoms with E-state index in [4.69, 9.17) is 0 Å². The largest absolute Gasteiger partial charge is 0.351 e. The van der Waals surface area contributed by atoms with Crippen LogP contribution in [0.25, 0.3) is 0 Å². The molecule has 1 amide bonds. The molecule has 1 aliphatic heterocycles. The molecule has 1 fully saturated rings. The van der Waals surface area contributed by atoms with Gasteiger partial charge in [-0.3, -0.25) is 4.79 Å². The monoisotopic (exact) mass is 372 g/mol. The Hall–Kier alpha value is -2.18. The van der Waals surface area contributed by atoms with Crippen molar-refractivity contribution in [1.29, 1.82) is 0 Å². The van der Waals surface area contributed by atoms with E-state index in [1.54, 1.807) is 30.3 Å². The third-order valence-corrected chi connectivity index (χ3v) is 6.62. The van der Waals surface area contributed by atoms with Crippen molar-refractivity contribution >= 4 is 15.9 Å².